The molecule has 0 unspecified atom stereocenters. The van der Waals surface area contributed by atoms with Gasteiger partial charge in [-0.15, -0.1) is 12.4 Å². The van der Waals surface area contributed by atoms with Crippen LogP contribution >= 0.6 is 12.4 Å². The van der Waals surface area contributed by atoms with Crippen molar-refractivity contribution < 1.29 is 4.52 Å². The molecule has 2 aliphatic carbocycles. The molecule has 0 amide bonds. The molecule has 21 heavy (non-hydrogen) atoms. The summed E-state index contributed by atoms with van der Waals surface area (Å²) >= 11 is 0. The molecule has 0 aliphatic heterocycles. The van der Waals surface area contributed by atoms with E-state index < -0.39 is 0 Å². The number of aryl methyl sites for hydroxylation is 1. The van der Waals surface area contributed by atoms with Gasteiger partial charge in [0.05, 0.1) is 11.1 Å². The molecule has 5 nitrogen and oxygen atoms in total. The average molecular weight is 309 g/mol. The van der Waals surface area contributed by atoms with Gasteiger partial charge in [-0.2, -0.15) is 4.98 Å². The predicted octanol–water partition coefficient (Wildman–Crippen LogP) is 3.25. The fraction of sp³-hybridized carbons (Fsp3) is 0.600. The molecule has 2 N–H and O–H groups in total. The van der Waals surface area contributed by atoms with Crippen LogP contribution in [-0.4, -0.2) is 14.7 Å². The van der Waals surface area contributed by atoms with Crippen molar-refractivity contribution in [3.8, 4) is 11.5 Å². The average Bonchev–Trinajstić information content (AvgIpc) is 3.00. The van der Waals surface area contributed by atoms with Gasteiger partial charge in [-0.1, -0.05) is 5.16 Å². The van der Waals surface area contributed by atoms with E-state index in [1.165, 1.54) is 24.2 Å². The van der Waals surface area contributed by atoms with Crippen molar-refractivity contribution in [1.82, 2.24) is 14.7 Å². The van der Waals surface area contributed by atoms with Crippen molar-refractivity contribution in [3.63, 3.8) is 0 Å². The zero-order chi connectivity index (χ0) is 13.9. The zero-order valence-electron chi connectivity index (χ0n) is 12.4. The molecule has 0 spiro atoms. The number of hydrogen-bond donors (Lipinski definition) is 1. The molecular weight excluding hydrogens is 288 g/mol. The van der Waals surface area contributed by atoms with Crippen molar-refractivity contribution in [2.45, 2.75) is 57.5 Å². The fourth-order valence-electron chi connectivity index (χ4n) is 3.20. The molecule has 2 aromatic rings. The summed E-state index contributed by atoms with van der Waals surface area (Å²) in [6.07, 6.45) is 5.60. The normalized spacial score (nSPS) is 20.0. The Morgan fingerprint density at radius 1 is 1.33 bits per heavy atom. The van der Waals surface area contributed by atoms with Crippen LogP contribution in [0.25, 0.3) is 11.5 Å². The third-order valence-electron chi connectivity index (χ3n) is 4.74. The second kappa shape index (κ2) is 4.85. The molecule has 0 radical (unpaired) electrons. The highest BCUT2D eigenvalue weighted by Crippen LogP contribution is 2.41. The molecular formula is C15H21ClN4O. The van der Waals surface area contributed by atoms with E-state index in [0.29, 0.717) is 17.8 Å². The molecule has 0 aromatic carbocycles. The summed E-state index contributed by atoms with van der Waals surface area (Å²) in [5.41, 5.74) is 9.44. The van der Waals surface area contributed by atoms with Crippen LogP contribution in [-0.2, 0) is 5.54 Å². The maximum Gasteiger partial charge on any atom is 0.259 e. The molecule has 2 aromatic heterocycles. The fourth-order valence-corrected chi connectivity index (χ4v) is 3.20. The minimum Gasteiger partial charge on any atom is -0.345 e. The first kappa shape index (κ1) is 14.6. The lowest BCUT2D eigenvalue weighted by atomic mass is 9.77. The van der Waals surface area contributed by atoms with Crippen LogP contribution in [0.15, 0.2) is 10.6 Å². The Morgan fingerprint density at radius 2 is 2.05 bits per heavy atom. The highest BCUT2D eigenvalue weighted by atomic mass is 35.5. The lowest BCUT2D eigenvalue weighted by Crippen LogP contribution is -2.44. The lowest BCUT2D eigenvalue weighted by molar-refractivity contribution is 0.229. The van der Waals surface area contributed by atoms with Crippen LogP contribution in [0.2, 0.25) is 0 Å². The van der Waals surface area contributed by atoms with Crippen LogP contribution < -0.4 is 5.73 Å². The summed E-state index contributed by atoms with van der Waals surface area (Å²) in [5.74, 6) is 1.27. The highest BCUT2D eigenvalue weighted by molar-refractivity contribution is 5.85. The first-order chi connectivity index (χ1) is 9.58. The van der Waals surface area contributed by atoms with Crippen LogP contribution in [0.5, 0.6) is 0 Å². The van der Waals surface area contributed by atoms with E-state index in [1.54, 1.807) is 0 Å². The molecule has 6 heteroatoms. The first-order valence-electron chi connectivity index (χ1n) is 7.40. The lowest BCUT2D eigenvalue weighted by Gasteiger charge is -2.34. The van der Waals surface area contributed by atoms with Gasteiger partial charge in [-0.05, 0) is 52.0 Å². The summed E-state index contributed by atoms with van der Waals surface area (Å²) in [4.78, 5) is 4.55. The molecule has 4 rings (SSSR count). The van der Waals surface area contributed by atoms with E-state index in [1.807, 2.05) is 0 Å². The molecule has 114 valence electrons. The van der Waals surface area contributed by atoms with E-state index in [4.69, 9.17) is 10.3 Å². The Kier molecular flexibility index (Phi) is 3.37. The van der Waals surface area contributed by atoms with Crippen molar-refractivity contribution in [1.29, 1.82) is 0 Å². The van der Waals surface area contributed by atoms with E-state index in [2.05, 4.69) is 34.6 Å². The van der Waals surface area contributed by atoms with Crippen molar-refractivity contribution >= 4 is 12.4 Å². The van der Waals surface area contributed by atoms with E-state index in [9.17, 15) is 0 Å². The van der Waals surface area contributed by atoms with Gasteiger partial charge < -0.3 is 14.8 Å². The SMILES string of the molecule is Cc1cc(-c2nc(C3(N)CCC3)no2)c(C)n1C1CC1.Cl. The number of hydrogen-bond acceptors (Lipinski definition) is 4. The van der Waals surface area contributed by atoms with Gasteiger partial charge in [0.1, 0.15) is 0 Å². The maximum absolute atomic E-state index is 6.26. The van der Waals surface area contributed by atoms with Gasteiger partial charge in [-0.25, -0.2) is 0 Å². The molecule has 0 saturated heterocycles. The first-order valence-corrected chi connectivity index (χ1v) is 7.40. The smallest absolute Gasteiger partial charge is 0.259 e. The number of nitrogens with zero attached hydrogens (tertiary/aromatic N) is 3. The number of aromatic nitrogens is 3. The molecule has 2 aliphatic rings. The van der Waals surface area contributed by atoms with Crippen molar-refractivity contribution in [3.05, 3.63) is 23.3 Å². The van der Waals surface area contributed by atoms with Crippen LogP contribution in [0.1, 0.15) is 55.4 Å². The minimum absolute atomic E-state index is 0. The van der Waals surface area contributed by atoms with Gasteiger partial charge in [0.25, 0.3) is 5.89 Å². The van der Waals surface area contributed by atoms with E-state index in [0.717, 1.165) is 24.8 Å². The van der Waals surface area contributed by atoms with Gasteiger partial charge in [0.2, 0.25) is 0 Å². The second-order valence-corrected chi connectivity index (χ2v) is 6.32. The summed E-state index contributed by atoms with van der Waals surface area (Å²) < 4.78 is 7.86. The van der Waals surface area contributed by atoms with Gasteiger partial charge in [0.15, 0.2) is 5.82 Å². The summed E-state index contributed by atoms with van der Waals surface area (Å²) in [6, 6.07) is 2.81. The summed E-state index contributed by atoms with van der Waals surface area (Å²) in [6.45, 7) is 4.27. The quantitative estimate of drug-likeness (QED) is 0.945. The monoisotopic (exact) mass is 308 g/mol. The minimum atomic E-state index is -0.357. The Bertz CT molecular complexity index is 667. The number of halogens is 1. The Balaban J connectivity index is 0.00000132. The third kappa shape index (κ3) is 2.19. The van der Waals surface area contributed by atoms with Crippen LogP contribution in [0.3, 0.4) is 0 Å². The Morgan fingerprint density at radius 3 is 2.62 bits per heavy atom. The third-order valence-corrected chi connectivity index (χ3v) is 4.74. The largest absolute Gasteiger partial charge is 0.345 e. The summed E-state index contributed by atoms with van der Waals surface area (Å²) in [7, 11) is 0. The maximum atomic E-state index is 6.26. The van der Waals surface area contributed by atoms with Crippen LogP contribution in [0, 0.1) is 13.8 Å². The zero-order valence-corrected chi connectivity index (χ0v) is 13.2. The van der Waals surface area contributed by atoms with Crippen LogP contribution in [0.4, 0.5) is 0 Å². The Labute approximate surface area is 130 Å². The highest BCUT2D eigenvalue weighted by Gasteiger charge is 2.39. The molecule has 2 heterocycles. The van der Waals surface area contributed by atoms with Gasteiger partial charge in [0, 0.05) is 17.4 Å². The van der Waals surface area contributed by atoms with E-state index >= 15 is 0 Å². The number of nitrogens with two attached hydrogens (primary N) is 1. The summed E-state index contributed by atoms with van der Waals surface area (Å²) in [5, 5.41) is 4.11. The number of rotatable bonds is 3. The Hall–Kier alpha value is -1.33. The van der Waals surface area contributed by atoms with Gasteiger partial charge >= 0.3 is 0 Å². The molecule has 2 saturated carbocycles. The topological polar surface area (TPSA) is 69.9 Å². The predicted molar refractivity (Wildman–Crippen MR) is 82.4 cm³/mol. The van der Waals surface area contributed by atoms with E-state index in [-0.39, 0.29) is 17.9 Å². The molecule has 0 atom stereocenters. The van der Waals surface area contributed by atoms with Crippen molar-refractivity contribution in [2.24, 2.45) is 5.73 Å². The molecule has 2 fully saturated rings. The van der Waals surface area contributed by atoms with Gasteiger partial charge in [-0.3, -0.25) is 0 Å². The van der Waals surface area contributed by atoms with Crippen molar-refractivity contribution in [2.75, 3.05) is 0 Å². The molecule has 0 bridgehead atoms. The standard InChI is InChI=1S/C15H20N4O.ClH/c1-9-8-12(10(2)19(9)11-4-5-11)13-17-14(18-20-13)15(16)6-3-7-15;/h8,11H,3-7,16H2,1-2H3;1H. The second-order valence-electron chi connectivity index (χ2n) is 6.32.